The number of aryl methyl sites for hydroxylation is 1. The number of hydrogen-bond donors (Lipinski definition) is 3. The van der Waals surface area contributed by atoms with E-state index in [1.54, 1.807) is 0 Å². The fraction of sp³-hybridized carbons (Fsp3) is 0.579. The maximum Gasteiger partial charge on any atom is 0.232 e. The fourth-order valence-corrected chi connectivity index (χ4v) is 3.62. The van der Waals surface area contributed by atoms with E-state index in [4.69, 9.17) is 0 Å². The first-order chi connectivity index (χ1) is 11.7. The Morgan fingerprint density at radius 2 is 2.21 bits per heavy atom. The number of fused-ring (bicyclic) bond motifs is 1. The Morgan fingerprint density at radius 3 is 2.96 bits per heavy atom. The number of nitrogens with one attached hydrogen (secondary N) is 3. The molecule has 24 heavy (non-hydrogen) atoms. The highest BCUT2D eigenvalue weighted by atomic mass is 16.2. The Hall–Kier alpha value is -1.88. The summed E-state index contributed by atoms with van der Waals surface area (Å²) in [6.07, 6.45) is 4.32. The van der Waals surface area contributed by atoms with E-state index in [9.17, 15) is 9.59 Å². The van der Waals surface area contributed by atoms with E-state index >= 15 is 0 Å². The molecule has 0 radical (unpaired) electrons. The van der Waals surface area contributed by atoms with Crippen LogP contribution in [0, 0.1) is 5.92 Å². The van der Waals surface area contributed by atoms with Crippen molar-refractivity contribution in [2.24, 2.45) is 5.92 Å². The molecular weight excluding hydrogens is 302 g/mol. The van der Waals surface area contributed by atoms with Crippen molar-refractivity contribution in [2.75, 3.05) is 25.0 Å². The van der Waals surface area contributed by atoms with Gasteiger partial charge in [-0.2, -0.15) is 0 Å². The standard InChI is InChI=1S/C19H27N3O2/c1-2-13-3-5-17-16(11-13)15(19(24)22-17)8-10-21-18(23)6-4-14-7-9-20-12-14/h3,5,11,14-15,20H,2,4,6-10,12H2,1H3,(H,21,23)(H,22,24). The molecule has 2 unspecified atom stereocenters. The number of amides is 2. The molecule has 5 heteroatoms. The largest absolute Gasteiger partial charge is 0.356 e. The van der Waals surface area contributed by atoms with Crippen LogP contribution in [0.15, 0.2) is 18.2 Å². The molecule has 3 rings (SSSR count). The van der Waals surface area contributed by atoms with E-state index in [1.807, 2.05) is 6.07 Å². The topological polar surface area (TPSA) is 70.2 Å². The molecule has 0 bridgehead atoms. The van der Waals surface area contributed by atoms with E-state index < -0.39 is 0 Å². The lowest BCUT2D eigenvalue weighted by molar-refractivity contribution is -0.122. The smallest absolute Gasteiger partial charge is 0.232 e. The van der Waals surface area contributed by atoms with Crippen LogP contribution >= 0.6 is 0 Å². The number of carbonyl (C=O) groups excluding carboxylic acids is 2. The van der Waals surface area contributed by atoms with Gasteiger partial charge < -0.3 is 16.0 Å². The van der Waals surface area contributed by atoms with Crippen LogP contribution in [0.4, 0.5) is 5.69 Å². The molecule has 2 atom stereocenters. The number of carbonyl (C=O) groups is 2. The highest BCUT2D eigenvalue weighted by Gasteiger charge is 2.30. The van der Waals surface area contributed by atoms with Crippen LogP contribution in [0.25, 0.3) is 0 Å². The summed E-state index contributed by atoms with van der Waals surface area (Å²) in [5, 5.41) is 9.24. The van der Waals surface area contributed by atoms with Gasteiger partial charge in [0, 0.05) is 18.7 Å². The van der Waals surface area contributed by atoms with E-state index in [0.29, 0.717) is 25.3 Å². The highest BCUT2D eigenvalue weighted by molar-refractivity contribution is 6.02. The van der Waals surface area contributed by atoms with Crippen molar-refractivity contribution in [1.29, 1.82) is 0 Å². The third-order valence-corrected chi connectivity index (χ3v) is 5.17. The van der Waals surface area contributed by atoms with Gasteiger partial charge in [0.15, 0.2) is 0 Å². The molecule has 1 fully saturated rings. The van der Waals surface area contributed by atoms with Crippen LogP contribution in [0.5, 0.6) is 0 Å². The first-order valence-corrected chi connectivity index (χ1v) is 9.08. The van der Waals surface area contributed by atoms with Gasteiger partial charge in [-0.15, -0.1) is 0 Å². The quantitative estimate of drug-likeness (QED) is 0.718. The summed E-state index contributed by atoms with van der Waals surface area (Å²) in [4.78, 5) is 24.1. The molecule has 2 heterocycles. The number of hydrogen-bond acceptors (Lipinski definition) is 3. The summed E-state index contributed by atoms with van der Waals surface area (Å²) in [6, 6.07) is 6.16. The molecule has 0 saturated carbocycles. The van der Waals surface area contributed by atoms with E-state index in [1.165, 1.54) is 12.0 Å². The van der Waals surface area contributed by atoms with Crippen molar-refractivity contribution in [3.8, 4) is 0 Å². The SMILES string of the molecule is CCc1ccc2c(c1)C(CCNC(=O)CCC1CCNC1)C(=O)N2. The average molecular weight is 329 g/mol. The van der Waals surface area contributed by atoms with Crippen LogP contribution in [-0.4, -0.2) is 31.4 Å². The minimum Gasteiger partial charge on any atom is -0.356 e. The Morgan fingerprint density at radius 1 is 1.33 bits per heavy atom. The zero-order chi connectivity index (χ0) is 16.9. The lowest BCUT2D eigenvalue weighted by atomic mass is 9.95. The summed E-state index contributed by atoms with van der Waals surface area (Å²) in [6.45, 7) is 4.77. The maximum absolute atomic E-state index is 12.2. The van der Waals surface area contributed by atoms with Crippen molar-refractivity contribution < 1.29 is 9.59 Å². The average Bonchev–Trinajstić information content (AvgIpc) is 3.20. The van der Waals surface area contributed by atoms with Crippen molar-refractivity contribution in [3.63, 3.8) is 0 Å². The predicted molar refractivity (Wildman–Crippen MR) is 95.0 cm³/mol. The van der Waals surface area contributed by atoms with Crippen LogP contribution in [0.1, 0.15) is 49.7 Å². The predicted octanol–water partition coefficient (Wildman–Crippen LogP) is 2.18. The second kappa shape index (κ2) is 7.79. The first kappa shape index (κ1) is 17.0. The number of rotatable bonds is 7. The molecule has 1 saturated heterocycles. The molecule has 2 amide bonds. The zero-order valence-electron chi connectivity index (χ0n) is 14.4. The minimum atomic E-state index is -0.147. The Labute approximate surface area is 143 Å². The van der Waals surface area contributed by atoms with Crippen molar-refractivity contribution >= 4 is 17.5 Å². The van der Waals surface area contributed by atoms with Crippen molar-refractivity contribution in [1.82, 2.24) is 10.6 Å². The molecule has 2 aliphatic rings. The van der Waals surface area contributed by atoms with Gasteiger partial charge in [0.1, 0.15) is 0 Å². The lowest BCUT2D eigenvalue weighted by Gasteiger charge is -2.12. The van der Waals surface area contributed by atoms with Crippen LogP contribution < -0.4 is 16.0 Å². The van der Waals surface area contributed by atoms with E-state index in [-0.39, 0.29) is 17.7 Å². The third kappa shape index (κ3) is 3.96. The molecule has 0 aliphatic carbocycles. The number of anilines is 1. The monoisotopic (exact) mass is 329 g/mol. The van der Waals surface area contributed by atoms with Crippen LogP contribution in [0.3, 0.4) is 0 Å². The van der Waals surface area contributed by atoms with Gasteiger partial charge >= 0.3 is 0 Å². The molecule has 0 aromatic heterocycles. The molecule has 1 aromatic rings. The highest BCUT2D eigenvalue weighted by Crippen LogP contribution is 2.35. The summed E-state index contributed by atoms with van der Waals surface area (Å²) in [5.74, 6) is 0.633. The normalized spacial score (nSPS) is 22.3. The molecule has 5 nitrogen and oxygen atoms in total. The first-order valence-electron chi connectivity index (χ1n) is 9.08. The summed E-state index contributed by atoms with van der Waals surface area (Å²) in [5.41, 5.74) is 3.23. The van der Waals surface area contributed by atoms with Gasteiger partial charge in [-0.1, -0.05) is 19.1 Å². The van der Waals surface area contributed by atoms with E-state index in [0.717, 1.165) is 37.2 Å². The third-order valence-electron chi connectivity index (χ3n) is 5.17. The lowest BCUT2D eigenvalue weighted by Crippen LogP contribution is -2.27. The number of benzene rings is 1. The Bertz CT molecular complexity index is 609. The van der Waals surface area contributed by atoms with Gasteiger partial charge in [-0.3, -0.25) is 9.59 Å². The molecule has 2 aliphatic heterocycles. The van der Waals surface area contributed by atoms with Gasteiger partial charge in [0.05, 0.1) is 5.92 Å². The molecular formula is C19H27N3O2. The summed E-state index contributed by atoms with van der Waals surface area (Å²) >= 11 is 0. The molecule has 0 spiro atoms. The van der Waals surface area contributed by atoms with Crippen molar-refractivity contribution in [2.45, 2.75) is 44.9 Å². The maximum atomic E-state index is 12.2. The summed E-state index contributed by atoms with van der Waals surface area (Å²) < 4.78 is 0. The van der Waals surface area contributed by atoms with Crippen LogP contribution in [0.2, 0.25) is 0 Å². The zero-order valence-corrected chi connectivity index (χ0v) is 14.4. The fourth-order valence-electron chi connectivity index (χ4n) is 3.62. The van der Waals surface area contributed by atoms with Gasteiger partial charge in [0.25, 0.3) is 0 Å². The Kier molecular flexibility index (Phi) is 5.51. The second-order valence-electron chi connectivity index (χ2n) is 6.85. The van der Waals surface area contributed by atoms with Gasteiger partial charge in [-0.25, -0.2) is 0 Å². The van der Waals surface area contributed by atoms with Gasteiger partial charge in [-0.05, 0) is 61.9 Å². The molecule has 3 N–H and O–H groups in total. The summed E-state index contributed by atoms with van der Waals surface area (Å²) in [7, 11) is 0. The van der Waals surface area contributed by atoms with Gasteiger partial charge in [0.2, 0.25) is 11.8 Å². The Balaban J connectivity index is 1.46. The molecule has 1 aromatic carbocycles. The molecule has 130 valence electrons. The van der Waals surface area contributed by atoms with E-state index in [2.05, 4.69) is 35.0 Å². The minimum absolute atomic E-state index is 0.0459. The second-order valence-corrected chi connectivity index (χ2v) is 6.85. The van der Waals surface area contributed by atoms with Crippen molar-refractivity contribution in [3.05, 3.63) is 29.3 Å². The van der Waals surface area contributed by atoms with Crippen LogP contribution in [-0.2, 0) is 16.0 Å².